The molecule has 2 aromatic carbocycles. The van der Waals surface area contributed by atoms with E-state index in [1.807, 2.05) is 12.1 Å². The van der Waals surface area contributed by atoms with E-state index in [1.165, 1.54) is 5.69 Å². The summed E-state index contributed by atoms with van der Waals surface area (Å²) in [5.41, 5.74) is 10.1. The summed E-state index contributed by atoms with van der Waals surface area (Å²) in [5, 5.41) is 15.7. The van der Waals surface area contributed by atoms with Crippen molar-refractivity contribution in [1.29, 1.82) is 0 Å². The maximum atomic E-state index is 12.0. The van der Waals surface area contributed by atoms with Gasteiger partial charge < -0.3 is 31.1 Å². The van der Waals surface area contributed by atoms with Gasteiger partial charge in [-0.1, -0.05) is 32.6 Å². The summed E-state index contributed by atoms with van der Waals surface area (Å²) >= 11 is 0. The predicted octanol–water partition coefficient (Wildman–Crippen LogP) is 3.43. The standard InChI is InChI=1S/C26H33N5O3/c1-18(2)25(32)26(33)30-22-6-4-20(5-7-22)24(27)12-13-28-19(3)29-21-8-10-23(11-9-21)31-14-16-34-17-15-31/h4-13,18,25,29,32H,3,14-17,27H2,1-2H3,(H,30,33)/b24-12-,28-13-/t25-/m0/s1. The molecule has 0 spiro atoms. The number of carbonyl (C=O) groups is 1. The first kappa shape index (κ1) is 25.0. The van der Waals surface area contributed by atoms with E-state index < -0.39 is 12.0 Å². The van der Waals surface area contributed by atoms with E-state index in [4.69, 9.17) is 10.5 Å². The number of aliphatic hydroxyl groups excluding tert-OH is 1. The van der Waals surface area contributed by atoms with Crippen molar-refractivity contribution in [2.75, 3.05) is 41.8 Å². The quantitative estimate of drug-likeness (QED) is 0.424. The Morgan fingerprint density at radius 2 is 1.68 bits per heavy atom. The third-order valence-corrected chi connectivity index (χ3v) is 5.40. The van der Waals surface area contributed by atoms with Crippen LogP contribution in [0, 0.1) is 5.92 Å². The number of hydrogen-bond donors (Lipinski definition) is 4. The van der Waals surface area contributed by atoms with Crippen LogP contribution in [0.15, 0.2) is 72.0 Å². The maximum absolute atomic E-state index is 12.0. The van der Waals surface area contributed by atoms with E-state index >= 15 is 0 Å². The van der Waals surface area contributed by atoms with Gasteiger partial charge in [-0.05, 0) is 54.0 Å². The Labute approximate surface area is 200 Å². The van der Waals surface area contributed by atoms with Gasteiger partial charge in [-0.2, -0.15) is 0 Å². The van der Waals surface area contributed by atoms with E-state index in [2.05, 4.69) is 39.2 Å². The molecule has 0 bridgehead atoms. The number of allylic oxidation sites excluding steroid dienone is 1. The van der Waals surface area contributed by atoms with Gasteiger partial charge in [0.15, 0.2) is 0 Å². The zero-order valence-electron chi connectivity index (χ0n) is 19.7. The summed E-state index contributed by atoms with van der Waals surface area (Å²) in [6.07, 6.45) is 2.22. The summed E-state index contributed by atoms with van der Waals surface area (Å²) in [6, 6.07) is 15.2. The van der Waals surface area contributed by atoms with Crippen molar-refractivity contribution in [1.82, 2.24) is 0 Å². The van der Waals surface area contributed by atoms with Gasteiger partial charge in [0, 0.05) is 42.1 Å². The molecule has 0 aromatic heterocycles. The fourth-order valence-corrected chi connectivity index (χ4v) is 3.34. The van der Waals surface area contributed by atoms with Gasteiger partial charge in [0.05, 0.1) is 13.2 Å². The van der Waals surface area contributed by atoms with Gasteiger partial charge in [0.1, 0.15) is 11.9 Å². The molecule has 180 valence electrons. The third-order valence-electron chi connectivity index (χ3n) is 5.40. The lowest BCUT2D eigenvalue weighted by atomic mass is 10.1. The van der Waals surface area contributed by atoms with E-state index in [-0.39, 0.29) is 5.92 Å². The molecule has 8 nitrogen and oxygen atoms in total. The number of nitrogens with one attached hydrogen (secondary N) is 2. The van der Waals surface area contributed by atoms with Gasteiger partial charge in [-0.25, -0.2) is 4.99 Å². The summed E-state index contributed by atoms with van der Waals surface area (Å²) in [4.78, 5) is 18.5. The first-order valence-electron chi connectivity index (χ1n) is 11.3. The second kappa shape index (κ2) is 12.0. The molecule has 34 heavy (non-hydrogen) atoms. The molecular formula is C26H33N5O3. The van der Waals surface area contributed by atoms with Gasteiger partial charge in [-0.3, -0.25) is 4.79 Å². The monoisotopic (exact) mass is 463 g/mol. The molecule has 1 atom stereocenters. The lowest BCUT2D eigenvalue weighted by molar-refractivity contribution is -0.125. The number of nitrogens with two attached hydrogens (primary N) is 1. The Balaban J connectivity index is 1.51. The van der Waals surface area contributed by atoms with Crippen molar-refractivity contribution >= 4 is 34.9 Å². The van der Waals surface area contributed by atoms with Crippen LogP contribution in [-0.4, -0.2) is 49.6 Å². The van der Waals surface area contributed by atoms with Crippen LogP contribution in [0.1, 0.15) is 19.4 Å². The molecule has 1 aliphatic heterocycles. The van der Waals surface area contributed by atoms with Crippen molar-refractivity contribution in [2.45, 2.75) is 20.0 Å². The molecule has 1 heterocycles. The summed E-state index contributed by atoms with van der Waals surface area (Å²) in [5.74, 6) is -0.0964. The number of rotatable bonds is 9. The van der Waals surface area contributed by atoms with Crippen LogP contribution in [0.25, 0.3) is 5.70 Å². The average molecular weight is 464 g/mol. The summed E-state index contributed by atoms with van der Waals surface area (Å²) in [6.45, 7) is 10.8. The second-order valence-corrected chi connectivity index (χ2v) is 8.37. The molecule has 1 fully saturated rings. The van der Waals surface area contributed by atoms with E-state index in [0.717, 1.165) is 37.6 Å². The number of aliphatic hydroxyl groups is 1. The molecule has 1 aliphatic rings. The Morgan fingerprint density at radius 3 is 2.29 bits per heavy atom. The minimum atomic E-state index is -1.05. The average Bonchev–Trinajstić information content (AvgIpc) is 2.84. The Hall–Kier alpha value is -3.62. The molecule has 1 saturated heterocycles. The molecule has 5 N–H and O–H groups in total. The lowest BCUT2D eigenvalue weighted by Crippen LogP contribution is -2.36. The zero-order valence-corrected chi connectivity index (χ0v) is 19.7. The topological polar surface area (TPSA) is 112 Å². The number of carbonyl (C=O) groups excluding carboxylic acids is 1. The number of hydrogen-bond acceptors (Lipinski definition) is 7. The maximum Gasteiger partial charge on any atom is 0.253 e. The van der Waals surface area contributed by atoms with Crippen molar-refractivity contribution in [2.24, 2.45) is 16.6 Å². The number of morpholine rings is 1. The highest BCUT2D eigenvalue weighted by molar-refractivity contribution is 5.94. The second-order valence-electron chi connectivity index (χ2n) is 8.37. The lowest BCUT2D eigenvalue weighted by Gasteiger charge is -2.28. The highest BCUT2D eigenvalue weighted by atomic mass is 16.5. The predicted molar refractivity (Wildman–Crippen MR) is 139 cm³/mol. The van der Waals surface area contributed by atoms with Crippen LogP contribution in [0.2, 0.25) is 0 Å². The minimum absolute atomic E-state index is 0.157. The summed E-state index contributed by atoms with van der Waals surface area (Å²) in [7, 11) is 0. The van der Waals surface area contributed by atoms with Crippen molar-refractivity contribution in [3.05, 3.63) is 72.6 Å². The Morgan fingerprint density at radius 1 is 1.09 bits per heavy atom. The molecule has 2 aromatic rings. The van der Waals surface area contributed by atoms with Crippen molar-refractivity contribution < 1.29 is 14.6 Å². The number of ether oxygens (including phenoxy) is 1. The zero-order chi connectivity index (χ0) is 24.5. The highest BCUT2D eigenvalue weighted by Crippen LogP contribution is 2.20. The Kier molecular flexibility index (Phi) is 8.84. The van der Waals surface area contributed by atoms with Gasteiger partial charge in [0.2, 0.25) is 0 Å². The fraction of sp³-hybridized carbons (Fsp3) is 0.308. The molecule has 0 aliphatic carbocycles. The van der Waals surface area contributed by atoms with Crippen LogP contribution in [-0.2, 0) is 9.53 Å². The normalized spacial score (nSPS) is 15.4. The largest absolute Gasteiger partial charge is 0.398 e. The van der Waals surface area contributed by atoms with Gasteiger partial charge in [0.25, 0.3) is 5.91 Å². The molecule has 8 heteroatoms. The fourth-order valence-electron chi connectivity index (χ4n) is 3.34. The van der Waals surface area contributed by atoms with Gasteiger partial charge >= 0.3 is 0 Å². The molecule has 0 radical (unpaired) electrons. The molecule has 0 saturated carbocycles. The van der Waals surface area contributed by atoms with Crippen LogP contribution >= 0.6 is 0 Å². The van der Waals surface area contributed by atoms with E-state index in [9.17, 15) is 9.90 Å². The van der Waals surface area contributed by atoms with Crippen LogP contribution in [0.4, 0.5) is 17.1 Å². The number of amides is 1. The number of nitrogens with zero attached hydrogens (tertiary/aromatic N) is 2. The minimum Gasteiger partial charge on any atom is -0.398 e. The van der Waals surface area contributed by atoms with E-state index in [1.54, 1.807) is 50.4 Å². The molecule has 3 rings (SSSR count). The van der Waals surface area contributed by atoms with Crippen molar-refractivity contribution in [3.63, 3.8) is 0 Å². The van der Waals surface area contributed by atoms with Gasteiger partial charge in [-0.15, -0.1) is 0 Å². The first-order chi connectivity index (χ1) is 16.3. The van der Waals surface area contributed by atoms with Crippen LogP contribution < -0.4 is 21.3 Å². The number of aliphatic imine (C=N–C) groups is 1. The smallest absolute Gasteiger partial charge is 0.253 e. The SMILES string of the molecule is C=C(/N=C\C=C(/N)c1ccc(NC(=O)[C@@H](O)C(C)C)cc1)Nc1ccc(N2CCOCC2)cc1. The third kappa shape index (κ3) is 7.19. The Bertz CT molecular complexity index is 1020. The van der Waals surface area contributed by atoms with Crippen LogP contribution in [0.3, 0.4) is 0 Å². The van der Waals surface area contributed by atoms with Crippen LogP contribution in [0.5, 0.6) is 0 Å². The number of benzene rings is 2. The molecule has 0 unspecified atom stereocenters. The first-order valence-corrected chi connectivity index (χ1v) is 11.3. The van der Waals surface area contributed by atoms with E-state index in [0.29, 0.717) is 17.2 Å². The summed E-state index contributed by atoms with van der Waals surface area (Å²) < 4.78 is 5.40. The van der Waals surface area contributed by atoms with Crippen molar-refractivity contribution in [3.8, 4) is 0 Å². The molecule has 1 amide bonds. The highest BCUT2D eigenvalue weighted by Gasteiger charge is 2.18. The number of anilines is 3. The molecular weight excluding hydrogens is 430 g/mol.